The van der Waals surface area contributed by atoms with Crippen molar-refractivity contribution < 1.29 is 4.79 Å². The molecule has 4 heteroatoms. The fourth-order valence-electron chi connectivity index (χ4n) is 1.34. The largest absolute Gasteiger partial charge is 0.327 e. The zero-order chi connectivity index (χ0) is 10.1. The van der Waals surface area contributed by atoms with Crippen molar-refractivity contribution in [3.05, 3.63) is 23.9 Å². The molecule has 0 aliphatic heterocycles. The first-order valence-corrected chi connectivity index (χ1v) is 4.66. The predicted octanol–water partition coefficient (Wildman–Crippen LogP) is 0.676. The van der Waals surface area contributed by atoms with Crippen LogP contribution >= 0.6 is 0 Å². The number of nitrogens with zero attached hydrogens (tertiary/aromatic N) is 1. The second-order valence-corrected chi connectivity index (χ2v) is 3.71. The highest BCUT2D eigenvalue weighted by Gasteiger charge is 2.40. The molecule has 0 saturated heterocycles. The Morgan fingerprint density at radius 2 is 2.43 bits per heavy atom. The van der Waals surface area contributed by atoms with Crippen LogP contribution in [-0.2, 0) is 4.79 Å². The van der Waals surface area contributed by atoms with Crippen molar-refractivity contribution in [3.63, 3.8) is 0 Å². The highest BCUT2D eigenvalue weighted by atomic mass is 16.2. The monoisotopic (exact) mass is 191 g/mol. The van der Waals surface area contributed by atoms with E-state index >= 15 is 0 Å². The van der Waals surface area contributed by atoms with Crippen LogP contribution in [0, 0.1) is 12.8 Å². The van der Waals surface area contributed by atoms with Crippen molar-refractivity contribution in [1.82, 2.24) is 4.98 Å². The van der Waals surface area contributed by atoms with Crippen LogP contribution in [0.2, 0.25) is 0 Å². The average Bonchev–Trinajstić information content (AvgIpc) is 2.82. The number of rotatable bonds is 2. The van der Waals surface area contributed by atoms with Crippen LogP contribution in [0.15, 0.2) is 18.3 Å². The Balaban J connectivity index is 2.00. The van der Waals surface area contributed by atoms with Crippen LogP contribution in [0.1, 0.15) is 12.0 Å². The molecule has 0 aromatic carbocycles. The molecule has 4 nitrogen and oxygen atoms in total. The maximum Gasteiger partial charge on any atom is 0.230 e. The van der Waals surface area contributed by atoms with Gasteiger partial charge in [-0.15, -0.1) is 0 Å². The van der Waals surface area contributed by atoms with Gasteiger partial charge in [0.2, 0.25) is 5.91 Å². The molecular weight excluding hydrogens is 178 g/mol. The summed E-state index contributed by atoms with van der Waals surface area (Å²) in [6, 6.07) is 3.77. The average molecular weight is 191 g/mol. The molecule has 1 fully saturated rings. The Morgan fingerprint density at radius 1 is 1.71 bits per heavy atom. The van der Waals surface area contributed by atoms with Crippen molar-refractivity contribution in [3.8, 4) is 0 Å². The third-order valence-corrected chi connectivity index (χ3v) is 2.34. The third kappa shape index (κ3) is 1.90. The molecule has 2 rings (SSSR count). The number of hydrogen-bond donors (Lipinski definition) is 2. The standard InChI is InChI=1S/C10H13N3O/c1-6-2-3-12-9(4-6)13-10(14)7-5-8(7)11/h2-4,7-8H,5,11H2,1H3,(H,12,13,14). The lowest BCUT2D eigenvalue weighted by atomic mass is 10.3. The van der Waals surface area contributed by atoms with Crippen molar-refractivity contribution in [2.45, 2.75) is 19.4 Å². The van der Waals surface area contributed by atoms with Crippen LogP contribution in [0.4, 0.5) is 5.82 Å². The van der Waals surface area contributed by atoms with E-state index in [-0.39, 0.29) is 17.9 Å². The van der Waals surface area contributed by atoms with Crippen molar-refractivity contribution in [2.24, 2.45) is 11.7 Å². The van der Waals surface area contributed by atoms with Gasteiger partial charge in [0.05, 0.1) is 5.92 Å². The fourth-order valence-corrected chi connectivity index (χ4v) is 1.34. The normalized spacial score (nSPS) is 24.4. The number of carbonyl (C=O) groups excluding carboxylic acids is 1. The Labute approximate surface area is 82.5 Å². The first kappa shape index (κ1) is 9.15. The summed E-state index contributed by atoms with van der Waals surface area (Å²) in [4.78, 5) is 15.5. The molecule has 1 aliphatic rings. The fraction of sp³-hybridized carbons (Fsp3) is 0.400. The summed E-state index contributed by atoms with van der Waals surface area (Å²) in [7, 11) is 0. The molecule has 2 atom stereocenters. The van der Waals surface area contributed by atoms with E-state index in [0.29, 0.717) is 5.82 Å². The summed E-state index contributed by atoms with van der Waals surface area (Å²) in [6.07, 6.45) is 2.47. The van der Waals surface area contributed by atoms with E-state index in [9.17, 15) is 4.79 Å². The van der Waals surface area contributed by atoms with Gasteiger partial charge in [0.25, 0.3) is 0 Å². The molecule has 3 N–H and O–H groups in total. The third-order valence-electron chi connectivity index (χ3n) is 2.34. The summed E-state index contributed by atoms with van der Waals surface area (Å²) in [5.74, 6) is 0.571. The number of aryl methyl sites for hydroxylation is 1. The van der Waals surface area contributed by atoms with E-state index in [1.165, 1.54) is 0 Å². The van der Waals surface area contributed by atoms with Crippen molar-refractivity contribution >= 4 is 11.7 Å². The molecule has 1 heterocycles. The van der Waals surface area contributed by atoms with E-state index in [0.717, 1.165) is 12.0 Å². The predicted molar refractivity (Wildman–Crippen MR) is 53.7 cm³/mol. The minimum Gasteiger partial charge on any atom is -0.327 e. The van der Waals surface area contributed by atoms with Gasteiger partial charge in [-0.1, -0.05) is 0 Å². The summed E-state index contributed by atoms with van der Waals surface area (Å²) >= 11 is 0. The van der Waals surface area contributed by atoms with Gasteiger partial charge in [-0.25, -0.2) is 4.98 Å². The Morgan fingerprint density at radius 3 is 3.00 bits per heavy atom. The molecule has 1 amide bonds. The topological polar surface area (TPSA) is 68.0 Å². The van der Waals surface area contributed by atoms with E-state index < -0.39 is 0 Å². The van der Waals surface area contributed by atoms with Gasteiger partial charge in [-0.05, 0) is 31.0 Å². The maximum atomic E-state index is 11.5. The zero-order valence-corrected chi connectivity index (χ0v) is 8.03. The van der Waals surface area contributed by atoms with Gasteiger partial charge in [0, 0.05) is 12.2 Å². The Hall–Kier alpha value is -1.42. The first-order valence-electron chi connectivity index (χ1n) is 4.66. The van der Waals surface area contributed by atoms with Gasteiger partial charge in [0.15, 0.2) is 0 Å². The number of hydrogen-bond acceptors (Lipinski definition) is 3. The smallest absolute Gasteiger partial charge is 0.230 e. The number of pyridine rings is 1. The second kappa shape index (κ2) is 3.38. The van der Waals surface area contributed by atoms with E-state index in [4.69, 9.17) is 5.73 Å². The molecule has 1 saturated carbocycles. The van der Waals surface area contributed by atoms with Crippen LogP contribution in [0.25, 0.3) is 0 Å². The van der Waals surface area contributed by atoms with Gasteiger partial charge in [-0.2, -0.15) is 0 Å². The minimum atomic E-state index is -0.0180. The van der Waals surface area contributed by atoms with Crippen LogP contribution in [0.5, 0.6) is 0 Å². The van der Waals surface area contributed by atoms with Crippen LogP contribution in [0.3, 0.4) is 0 Å². The summed E-state index contributed by atoms with van der Waals surface area (Å²) in [5.41, 5.74) is 6.65. The Bertz CT molecular complexity index is 364. The van der Waals surface area contributed by atoms with Crippen LogP contribution in [-0.4, -0.2) is 16.9 Å². The van der Waals surface area contributed by atoms with Crippen molar-refractivity contribution in [1.29, 1.82) is 0 Å². The molecule has 1 aromatic heterocycles. The molecule has 14 heavy (non-hydrogen) atoms. The highest BCUT2D eigenvalue weighted by molar-refractivity contribution is 5.94. The summed E-state index contributed by atoms with van der Waals surface area (Å²) in [6.45, 7) is 1.96. The highest BCUT2D eigenvalue weighted by Crippen LogP contribution is 2.28. The lowest BCUT2D eigenvalue weighted by molar-refractivity contribution is -0.117. The van der Waals surface area contributed by atoms with E-state index in [1.807, 2.05) is 19.1 Å². The zero-order valence-electron chi connectivity index (χ0n) is 8.03. The van der Waals surface area contributed by atoms with Crippen LogP contribution < -0.4 is 11.1 Å². The molecular formula is C10H13N3O. The first-order chi connectivity index (χ1) is 6.66. The molecule has 0 bridgehead atoms. The van der Waals surface area contributed by atoms with Gasteiger partial charge < -0.3 is 11.1 Å². The van der Waals surface area contributed by atoms with Gasteiger partial charge in [-0.3, -0.25) is 4.79 Å². The Kier molecular flexibility index (Phi) is 2.21. The lowest BCUT2D eigenvalue weighted by Gasteiger charge is -2.03. The van der Waals surface area contributed by atoms with Gasteiger partial charge >= 0.3 is 0 Å². The number of aromatic nitrogens is 1. The number of nitrogens with two attached hydrogens (primary N) is 1. The minimum absolute atomic E-state index is 0.0164. The lowest BCUT2D eigenvalue weighted by Crippen LogP contribution is -2.19. The quantitative estimate of drug-likeness (QED) is 0.722. The van der Waals surface area contributed by atoms with E-state index in [2.05, 4.69) is 10.3 Å². The number of nitrogens with one attached hydrogen (secondary N) is 1. The summed E-state index contributed by atoms with van der Waals surface area (Å²) < 4.78 is 0. The second-order valence-electron chi connectivity index (χ2n) is 3.71. The van der Waals surface area contributed by atoms with Gasteiger partial charge in [0.1, 0.15) is 5.82 Å². The molecule has 1 aliphatic carbocycles. The number of anilines is 1. The van der Waals surface area contributed by atoms with E-state index in [1.54, 1.807) is 6.20 Å². The van der Waals surface area contributed by atoms with Crippen molar-refractivity contribution in [2.75, 3.05) is 5.32 Å². The molecule has 74 valence electrons. The number of amides is 1. The summed E-state index contributed by atoms with van der Waals surface area (Å²) in [5, 5.41) is 2.75. The molecule has 1 aromatic rings. The maximum absolute atomic E-state index is 11.5. The SMILES string of the molecule is Cc1ccnc(NC(=O)C2CC2N)c1. The molecule has 2 unspecified atom stereocenters. The number of carbonyl (C=O) groups is 1. The molecule has 0 radical (unpaired) electrons. The molecule has 0 spiro atoms.